The molecule has 0 spiro atoms. The largest absolute Gasteiger partial charge is 0.452 e. The number of pyridine rings is 1. The third-order valence-electron chi connectivity index (χ3n) is 4.15. The van der Waals surface area contributed by atoms with Gasteiger partial charge in [-0.05, 0) is 94.8 Å². The Kier molecular flexibility index (Phi) is 133. The molecule has 11 aromatic heterocycles. The van der Waals surface area contributed by atoms with Crippen LogP contribution >= 0.6 is 34.2 Å². The summed E-state index contributed by atoms with van der Waals surface area (Å²) >= 11 is 4.44. The van der Waals surface area contributed by atoms with Crippen molar-refractivity contribution in [2.45, 2.75) is 228 Å². The van der Waals surface area contributed by atoms with Gasteiger partial charge in [-0.3, -0.25) is 19.9 Å². The number of thiazole rings is 1. The Balaban J connectivity index is -0.0000000959. The Bertz CT molecular complexity index is 1900. The second-order valence-electron chi connectivity index (χ2n) is 27.1. The number of rotatable bonds is 0. The van der Waals surface area contributed by atoms with Gasteiger partial charge in [0.15, 0.2) is 12.7 Å². The number of hydrogen-bond donors (Lipinski definition) is 1. The molecule has 1 N–H and O–H groups in total. The molecule has 0 saturated carbocycles. The average Bonchev–Trinajstić information content (AvgIpc) is 4.38. The molecular formula is C77H144N20O3S3. The minimum absolute atomic E-state index is 0.833. The maximum absolute atomic E-state index is 4.47. The quantitative estimate of drug-likeness (QED) is 0.147. The summed E-state index contributed by atoms with van der Waals surface area (Å²) in [6.45, 7) is 71.5. The second kappa shape index (κ2) is 115. The Hall–Kier alpha value is -8.23. The van der Waals surface area contributed by atoms with Crippen LogP contribution in [0.3, 0.4) is 0 Å². The molecule has 26 heteroatoms. The van der Waals surface area contributed by atoms with Crippen LogP contribution in [0.1, 0.15) is 228 Å². The molecule has 0 aliphatic heterocycles. The maximum Gasteiger partial charge on any atom is 0.213 e. The first-order valence-corrected chi connectivity index (χ1v) is 37.4. The van der Waals surface area contributed by atoms with E-state index in [1.54, 1.807) is 120 Å². The summed E-state index contributed by atoms with van der Waals surface area (Å²) < 4.78 is 16.7. The summed E-state index contributed by atoms with van der Waals surface area (Å²) in [5.74, 6) is 9.17. The van der Waals surface area contributed by atoms with Gasteiger partial charge in [-0.2, -0.15) is 4.37 Å². The molecule has 588 valence electrons. The van der Waals surface area contributed by atoms with Gasteiger partial charge in [-0.25, -0.2) is 44.9 Å². The van der Waals surface area contributed by atoms with E-state index in [0.29, 0.717) is 0 Å². The molecular weight excluding hydrogens is 1350 g/mol. The summed E-state index contributed by atoms with van der Waals surface area (Å²) in [6, 6.07) is 7.49. The summed E-state index contributed by atoms with van der Waals surface area (Å²) in [6.07, 6.45) is 37.2. The van der Waals surface area contributed by atoms with Gasteiger partial charge < -0.3 is 18.3 Å². The van der Waals surface area contributed by atoms with Crippen molar-refractivity contribution in [2.75, 3.05) is 0 Å². The normalized spacial score (nSPS) is 8.43. The van der Waals surface area contributed by atoms with Gasteiger partial charge in [0.05, 0.1) is 18.0 Å². The van der Waals surface area contributed by atoms with E-state index < -0.39 is 0 Å². The van der Waals surface area contributed by atoms with Gasteiger partial charge in [0.2, 0.25) is 19.2 Å². The van der Waals surface area contributed by atoms with Crippen molar-refractivity contribution in [2.24, 2.45) is 65.1 Å². The van der Waals surface area contributed by atoms with Crippen molar-refractivity contribution in [3.63, 3.8) is 0 Å². The Morgan fingerprint density at radius 2 is 0.650 bits per heavy atom. The summed E-state index contributed by atoms with van der Waals surface area (Å²) in [5, 5.41) is 18.8. The van der Waals surface area contributed by atoms with Crippen LogP contribution in [0.5, 0.6) is 0 Å². The van der Waals surface area contributed by atoms with Crippen LogP contribution in [-0.2, 0) is 0 Å². The molecule has 0 atom stereocenters. The molecule has 0 aliphatic rings. The van der Waals surface area contributed by atoms with E-state index in [1.165, 1.54) is 92.7 Å². The zero-order valence-corrected chi connectivity index (χ0v) is 72.3. The fourth-order valence-corrected chi connectivity index (χ4v) is 3.03. The van der Waals surface area contributed by atoms with Gasteiger partial charge in [0.25, 0.3) is 0 Å². The molecule has 0 unspecified atom stereocenters. The maximum atomic E-state index is 4.47. The predicted octanol–water partition coefficient (Wildman–Crippen LogP) is 23.6. The first-order chi connectivity index (χ1) is 48.6. The van der Waals surface area contributed by atoms with Gasteiger partial charge >= 0.3 is 0 Å². The number of hydrogen-bond acceptors (Lipinski definition) is 25. The van der Waals surface area contributed by atoms with Crippen LogP contribution in [0.4, 0.5) is 0 Å². The minimum Gasteiger partial charge on any atom is -0.452 e. The van der Waals surface area contributed by atoms with Crippen LogP contribution < -0.4 is 0 Å². The smallest absolute Gasteiger partial charge is 0.213 e. The molecule has 23 nitrogen and oxygen atoms in total. The standard InChI is InChI=1S/C5H5N.2C4H4N2.11C4H10.C3H3N3.C3H4N2.C3H3NO.C3H3NS.2C2H2N2O.2C2H2N2S/c1-2-4-6-5-3-1;1-2-6-4-3-5-1;1-2-5-4-6-3-1;11*1-4(2)3;1-4-2-6-3-5-1;3*1-2-5-3-4-1;1-3-4-2-5-1;1-3-2-5-4-1;1-3-4-2-5-1;1-3-2-5-4-1/h1-5H;2*1-4H;11*4H,1-3H3;1-3H;1-3H,(H,4,5);2*1-3H;4*1-2H. The van der Waals surface area contributed by atoms with E-state index in [2.05, 4.69) is 342 Å². The van der Waals surface area contributed by atoms with Crippen LogP contribution in [0.25, 0.3) is 0 Å². The highest BCUT2D eigenvalue weighted by molar-refractivity contribution is 7.07. The van der Waals surface area contributed by atoms with E-state index in [1.807, 2.05) is 23.6 Å². The van der Waals surface area contributed by atoms with Crippen LogP contribution in [0.2, 0.25) is 0 Å². The molecule has 11 heterocycles. The molecule has 0 amide bonds. The number of aromatic amines is 1. The van der Waals surface area contributed by atoms with Crippen molar-refractivity contribution in [3.05, 3.63) is 202 Å². The second-order valence-corrected chi connectivity index (χ2v) is 29.2. The van der Waals surface area contributed by atoms with Crippen molar-refractivity contribution in [3.8, 4) is 0 Å². The summed E-state index contributed by atoms with van der Waals surface area (Å²) in [4.78, 5) is 50.1. The van der Waals surface area contributed by atoms with E-state index in [0.717, 1.165) is 65.1 Å². The number of imidazole rings is 1. The summed E-state index contributed by atoms with van der Waals surface area (Å²) in [5.41, 5.74) is 6.83. The molecule has 103 heavy (non-hydrogen) atoms. The van der Waals surface area contributed by atoms with Crippen LogP contribution in [0.15, 0.2) is 216 Å². The molecule has 0 radical (unpaired) electrons. The van der Waals surface area contributed by atoms with Gasteiger partial charge in [-0.15, -0.1) is 43.1 Å². The highest BCUT2D eigenvalue weighted by Gasteiger charge is 1.74. The monoisotopic (exact) mass is 1490 g/mol. The zero-order chi connectivity index (χ0) is 81.1. The third kappa shape index (κ3) is 306. The minimum atomic E-state index is 0.833. The molecule has 11 rings (SSSR count). The first kappa shape index (κ1) is 119. The predicted molar refractivity (Wildman–Crippen MR) is 439 cm³/mol. The van der Waals surface area contributed by atoms with Crippen molar-refractivity contribution >= 4 is 34.2 Å². The SMILES string of the molecule is CC(C)C.CC(C)C.CC(C)C.CC(C)C.CC(C)C.CC(C)C.CC(C)C.CC(C)C.CC(C)C.CC(C)C.CC(C)C.c1c[nH]cn1.c1ccncc1.c1cnccn1.c1cncnc1.c1cocn1.c1cscn1.c1ncncn1.c1ncon1.c1ncsn1.c1nnco1.c1nncs1. The van der Waals surface area contributed by atoms with E-state index >= 15 is 0 Å². The number of aromatic nitrogens is 20. The lowest BCUT2D eigenvalue weighted by Gasteiger charge is -1.79. The van der Waals surface area contributed by atoms with Crippen LogP contribution in [-0.4, -0.2) is 99.7 Å². The lowest BCUT2D eigenvalue weighted by molar-refractivity contribution is 0.416. The first-order valence-electron chi connectivity index (χ1n) is 34.7. The molecule has 0 aliphatic carbocycles. The summed E-state index contributed by atoms with van der Waals surface area (Å²) in [7, 11) is 0. The Morgan fingerprint density at radius 3 is 0.757 bits per heavy atom. The van der Waals surface area contributed by atoms with Crippen molar-refractivity contribution in [1.82, 2.24) is 99.7 Å². The number of nitrogens with one attached hydrogen (secondary N) is 1. The Morgan fingerprint density at radius 1 is 0.262 bits per heavy atom. The highest BCUT2D eigenvalue weighted by Crippen LogP contribution is 1.88. The number of nitrogens with zero attached hydrogens (tertiary/aromatic N) is 19. The van der Waals surface area contributed by atoms with Gasteiger partial charge in [0.1, 0.15) is 54.4 Å². The topological polar surface area (TPSA) is 300 Å². The Labute approximate surface area is 639 Å². The molecule has 0 aromatic carbocycles. The van der Waals surface area contributed by atoms with E-state index in [9.17, 15) is 0 Å². The van der Waals surface area contributed by atoms with Gasteiger partial charge in [0, 0.05) is 73.5 Å². The molecule has 0 fully saturated rings. The fourth-order valence-electron chi connectivity index (χ4n) is 2.14. The average molecular weight is 1490 g/mol. The lowest BCUT2D eigenvalue weighted by Crippen LogP contribution is -1.73. The highest BCUT2D eigenvalue weighted by atomic mass is 32.1. The molecule has 11 aromatic rings. The van der Waals surface area contributed by atoms with Gasteiger partial charge in [-0.1, -0.05) is 240 Å². The van der Waals surface area contributed by atoms with Crippen LogP contribution in [0, 0.1) is 65.1 Å². The number of oxazole rings is 1. The zero-order valence-electron chi connectivity index (χ0n) is 69.8. The van der Waals surface area contributed by atoms with Crippen molar-refractivity contribution < 1.29 is 13.4 Å². The number of H-pyrrole nitrogens is 1. The third-order valence-corrected chi connectivity index (χ3v) is 5.54. The van der Waals surface area contributed by atoms with Crippen molar-refractivity contribution in [1.29, 1.82) is 0 Å². The van der Waals surface area contributed by atoms with E-state index in [-0.39, 0.29) is 0 Å². The molecule has 0 bridgehead atoms. The lowest BCUT2D eigenvalue weighted by atomic mass is 10.3. The van der Waals surface area contributed by atoms with E-state index in [4.69, 9.17) is 0 Å². The fraction of sp³-hybridized carbons (Fsp3) is 0.571. The molecule has 0 saturated heterocycles.